The van der Waals surface area contributed by atoms with Gasteiger partial charge in [-0.25, -0.2) is 9.78 Å². The molecule has 1 atom stereocenters. The number of amides is 3. The number of thiazole rings is 1. The van der Waals surface area contributed by atoms with Crippen LogP contribution in [0.4, 0.5) is 4.79 Å². The van der Waals surface area contributed by atoms with E-state index in [2.05, 4.69) is 15.6 Å². The second kappa shape index (κ2) is 8.65. The van der Waals surface area contributed by atoms with Gasteiger partial charge >= 0.3 is 12.0 Å². The van der Waals surface area contributed by atoms with E-state index in [1.54, 1.807) is 11.3 Å². The van der Waals surface area contributed by atoms with Gasteiger partial charge in [-0.05, 0) is 19.1 Å². The zero-order chi connectivity index (χ0) is 17.5. The van der Waals surface area contributed by atoms with E-state index in [1.165, 1.54) is 25.7 Å². The van der Waals surface area contributed by atoms with Gasteiger partial charge in [0.25, 0.3) is 5.91 Å². The van der Waals surface area contributed by atoms with Crippen molar-refractivity contribution in [1.82, 2.24) is 15.6 Å². The van der Waals surface area contributed by atoms with E-state index in [1.807, 2.05) is 24.3 Å². The highest BCUT2D eigenvalue weighted by Gasteiger charge is 2.19. The lowest BCUT2D eigenvalue weighted by Crippen LogP contribution is -2.43. The van der Waals surface area contributed by atoms with Crippen molar-refractivity contribution in [2.24, 2.45) is 0 Å². The third kappa shape index (κ3) is 5.20. The summed E-state index contributed by atoms with van der Waals surface area (Å²) in [5.41, 5.74) is 0.937. The third-order valence-electron chi connectivity index (χ3n) is 2.95. The molecule has 0 aliphatic rings. The molecule has 0 fully saturated rings. The summed E-state index contributed by atoms with van der Waals surface area (Å²) >= 11 is 3.03. The number of urea groups is 1. The molecule has 0 saturated carbocycles. The molecule has 24 heavy (non-hydrogen) atoms. The number of hydrogen-bond acceptors (Lipinski definition) is 7. The first-order valence-corrected chi connectivity index (χ1v) is 9.00. The molecule has 2 N–H and O–H groups in total. The second-order valence-electron chi connectivity index (χ2n) is 4.75. The summed E-state index contributed by atoms with van der Waals surface area (Å²) in [4.78, 5) is 38.8. The van der Waals surface area contributed by atoms with E-state index in [0.717, 1.165) is 14.6 Å². The van der Waals surface area contributed by atoms with Gasteiger partial charge in [0.15, 0.2) is 10.4 Å². The number of nitrogens with zero attached hydrogens (tertiary/aromatic N) is 1. The summed E-state index contributed by atoms with van der Waals surface area (Å²) in [5.74, 6) is -0.660. The molecule has 1 aromatic heterocycles. The minimum absolute atomic E-state index is 0.151. The molecule has 1 aromatic carbocycles. The molecule has 2 rings (SSSR count). The van der Waals surface area contributed by atoms with Crippen LogP contribution in [0.15, 0.2) is 28.6 Å². The van der Waals surface area contributed by atoms with E-state index in [-0.39, 0.29) is 6.42 Å². The number of nitrogens with one attached hydrogen (secondary N) is 2. The molecular formula is C15H17N3O4S2. The fourth-order valence-electron chi connectivity index (χ4n) is 1.72. The Labute approximate surface area is 147 Å². The fraction of sp³-hybridized carbons (Fsp3) is 0.333. The average Bonchev–Trinajstić information content (AvgIpc) is 2.97. The molecule has 0 unspecified atom stereocenters. The van der Waals surface area contributed by atoms with E-state index >= 15 is 0 Å². The second-order valence-corrected chi connectivity index (χ2v) is 7.12. The predicted octanol–water partition coefficient (Wildman–Crippen LogP) is 2.17. The highest BCUT2D eigenvalue weighted by atomic mass is 32.2. The summed E-state index contributed by atoms with van der Waals surface area (Å²) in [5, 5.41) is 4.30. The Morgan fingerprint density at radius 3 is 2.79 bits per heavy atom. The van der Waals surface area contributed by atoms with Crippen molar-refractivity contribution in [3.8, 4) is 0 Å². The first kappa shape index (κ1) is 18.2. The SMILES string of the molecule is CNC(=O)NC(=O)[C@@H](C)OC(=O)CCSc1nc2ccccc2s1. The number of ether oxygens (including phenoxy) is 1. The fourth-order valence-corrected chi connectivity index (χ4v) is 3.78. The van der Waals surface area contributed by atoms with E-state index in [4.69, 9.17) is 4.74 Å². The zero-order valence-corrected chi connectivity index (χ0v) is 14.8. The first-order valence-electron chi connectivity index (χ1n) is 7.20. The van der Waals surface area contributed by atoms with Crippen LogP contribution in [0.1, 0.15) is 13.3 Å². The monoisotopic (exact) mass is 367 g/mol. The molecule has 0 radical (unpaired) electrons. The molecule has 0 aliphatic carbocycles. The van der Waals surface area contributed by atoms with Crippen molar-refractivity contribution in [1.29, 1.82) is 0 Å². The number of rotatable bonds is 6. The minimum atomic E-state index is -1.03. The summed E-state index contributed by atoms with van der Waals surface area (Å²) in [6.07, 6.45) is -0.875. The number of esters is 1. The molecule has 9 heteroatoms. The maximum absolute atomic E-state index is 11.7. The molecule has 1 heterocycles. The Kier molecular flexibility index (Phi) is 6.56. The van der Waals surface area contributed by atoms with Gasteiger partial charge in [0, 0.05) is 12.8 Å². The van der Waals surface area contributed by atoms with Crippen molar-refractivity contribution >= 4 is 51.2 Å². The highest BCUT2D eigenvalue weighted by molar-refractivity contribution is 8.01. The topological polar surface area (TPSA) is 97.4 Å². The molecule has 0 spiro atoms. The predicted molar refractivity (Wildman–Crippen MR) is 93.1 cm³/mol. The normalized spacial score (nSPS) is 11.8. The Hall–Kier alpha value is -2.13. The van der Waals surface area contributed by atoms with Crippen LogP contribution in [0.5, 0.6) is 0 Å². The first-order chi connectivity index (χ1) is 11.5. The number of hydrogen-bond donors (Lipinski definition) is 2. The maximum atomic E-state index is 11.7. The van der Waals surface area contributed by atoms with Crippen molar-refractivity contribution in [2.45, 2.75) is 23.8 Å². The molecular weight excluding hydrogens is 350 g/mol. The Bertz CT molecular complexity index is 714. The van der Waals surface area contributed by atoms with E-state index in [0.29, 0.717) is 5.75 Å². The van der Waals surface area contributed by atoms with Crippen LogP contribution >= 0.6 is 23.1 Å². The van der Waals surface area contributed by atoms with E-state index in [9.17, 15) is 14.4 Å². The number of carbonyl (C=O) groups excluding carboxylic acids is 3. The zero-order valence-electron chi connectivity index (χ0n) is 13.2. The Morgan fingerprint density at radius 1 is 1.33 bits per heavy atom. The smallest absolute Gasteiger partial charge is 0.321 e. The molecule has 2 aromatic rings. The van der Waals surface area contributed by atoms with Gasteiger partial charge in [0.2, 0.25) is 0 Å². The summed E-state index contributed by atoms with van der Waals surface area (Å²) in [6, 6.07) is 7.18. The number of para-hydroxylation sites is 1. The van der Waals surface area contributed by atoms with Crippen LogP contribution < -0.4 is 10.6 Å². The average molecular weight is 367 g/mol. The molecule has 0 saturated heterocycles. The molecule has 0 bridgehead atoms. The number of benzene rings is 1. The van der Waals surface area contributed by atoms with Crippen LogP contribution in [0.2, 0.25) is 0 Å². The quantitative estimate of drug-likeness (QED) is 0.600. The standard InChI is InChI=1S/C15H17N3O4S2/c1-9(13(20)18-14(21)16-2)22-12(19)7-8-23-15-17-10-5-3-4-6-11(10)24-15/h3-6,9H,7-8H2,1-2H3,(H2,16,18,20,21)/t9-/m1/s1. The lowest BCUT2D eigenvalue weighted by Gasteiger charge is -2.12. The van der Waals surface area contributed by atoms with Crippen LogP contribution in [-0.2, 0) is 14.3 Å². The Balaban J connectivity index is 1.74. The highest BCUT2D eigenvalue weighted by Crippen LogP contribution is 2.29. The number of thioether (sulfide) groups is 1. The van der Waals surface area contributed by atoms with Crippen molar-refractivity contribution in [3.05, 3.63) is 24.3 Å². The van der Waals surface area contributed by atoms with Crippen LogP contribution in [0.3, 0.4) is 0 Å². The van der Waals surface area contributed by atoms with Crippen molar-refractivity contribution in [3.63, 3.8) is 0 Å². The van der Waals surface area contributed by atoms with Crippen LogP contribution in [-0.4, -0.2) is 41.8 Å². The van der Waals surface area contributed by atoms with Crippen molar-refractivity contribution < 1.29 is 19.1 Å². The van der Waals surface area contributed by atoms with Gasteiger partial charge in [-0.3, -0.25) is 14.9 Å². The summed E-state index contributed by atoms with van der Waals surface area (Å²) < 4.78 is 6.98. The van der Waals surface area contributed by atoms with Crippen molar-refractivity contribution in [2.75, 3.05) is 12.8 Å². The molecule has 0 aliphatic heterocycles. The number of aromatic nitrogens is 1. The number of carbonyl (C=O) groups is 3. The lowest BCUT2D eigenvalue weighted by molar-refractivity contribution is -0.154. The van der Waals surface area contributed by atoms with Gasteiger partial charge in [-0.15, -0.1) is 11.3 Å². The summed E-state index contributed by atoms with van der Waals surface area (Å²) in [6.45, 7) is 1.41. The number of fused-ring (bicyclic) bond motifs is 1. The lowest BCUT2D eigenvalue weighted by atomic mass is 10.3. The largest absolute Gasteiger partial charge is 0.453 e. The van der Waals surface area contributed by atoms with Gasteiger partial charge in [-0.2, -0.15) is 0 Å². The van der Waals surface area contributed by atoms with Gasteiger partial charge in [0.05, 0.1) is 16.6 Å². The summed E-state index contributed by atoms with van der Waals surface area (Å²) in [7, 11) is 1.39. The van der Waals surface area contributed by atoms with Crippen LogP contribution in [0.25, 0.3) is 10.2 Å². The molecule has 3 amide bonds. The van der Waals surface area contributed by atoms with Crippen LogP contribution in [0, 0.1) is 0 Å². The molecule has 128 valence electrons. The van der Waals surface area contributed by atoms with Gasteiger partial charge < -0.3 is 10.1 Å². The molecule has 7 nitrogen and oxygen atoms in total. The van der Waals surface area contributed by atoms with Gasteiger partial charge in [-0.1, -0.05) is 23.9 Å². The number of imide groups is 1. The Morgan fingerprint density at radius 2 is 2.08 bits per heavy atom. The minimum Gasteiger partial charge on any atom is -0.453 e. The van der Waals surface area contributed by atoms with Gasteiger partial charge in [0.1, 0.15) is 0 Å². The maximum Gasteiger partial charge on any atom is 0.321 e. The van der Waals surface area contributed by atoms with E-state index < -0.39 is 24.0 Å². The third-order valence-corrected chi connectivity index (χ3v) is 5.13.